The molecule has 0 radical (unpaired) electrons. The van der Waals surface area contributed by atoms with Crippen LogP contribution in [-0.2, 0) is 24.0 Å². The quantitative estimate of drug-likeness (QED) is 0.205. The minimum absolute atomic E-state index is 0.0208. The number of hydrogen-bond acceptors (Lipinski definition) is 7. The maximum absolute atomic E-state index is 15.2. The summed E-state index contributed by atoms with van der Waals surface area (Å²) in [6.07, 6.45) is 10.9. The van der Waals surface area contributed by atoms with Crippen LogP contribution in [0.15, 0.2) is 12.7 Å². The molecule has 4 saturated carbocycles. The van der Waals surface area contributed by atoms with Gasteiger partial charge in [0.15, 0.2) is 0 Å². The van der Waals surface area contributed by atoms with Crippen molar-refractivity contribution in [2.24, 2.45) is 33.5 Å². The monoisotopic (exact) mass is 780 g/mol. The molecular formula is C43H69N7O6. The molecule has 2 spiro atoms. The van der Waals surface area contributed by atoms with Crippen molar-refractivity contribution < 1.29 is 28.8 Å². The maximum Gasteiger partial charge on any atom is 0.324 e. The van der Waals surface area contributed by atoms with Gasteiger partial charge in [-0.25, -0.2) is 4.79 Å². The molecule has 6 rings (SSSR count). The number of imide groups is 1. The van der Waals surface area contributed by atoms with Crippen molar-refractivity contribution in [3.05, 3.63) is 12.7 Å². The zero-order valence-corrected chi connectivity index (χ0v) is 35.4. The zero-order valence-electron chi connectivity index (χ0n) is 35.4. The average molecular weight is 780 g/mol. The van der Waals surface area contributed by atoms with Crippen molar-refractivity contribution >= 4 is 35.6 Å². The molecule has 13 heteroatoms. The maximum atomic E-state index is 15.2. The summed E-state index contributed by atoms with van der Waals surface area (Å²) in [6.45, 7) is 22.7. The van der Waals surface area contributed by atoms with Gasteiger partial charge in [-0.05, 0) is 100 Å². The third-order valence-electron chi connectivity index (χ3n) is 15.6. The molecule has 0 aromatic carbocycles. The Labute approximate surface area is 334 Å². The Morgan fingerprint density at radius 2 is 1.52 bits per heavy atom. The van der Waals surface area contributed by atoms with Crippen LogP contribution in [0.2, 0.25) is 0 Å². The fourth-order valence-electron chi connectivity index (χ4n) is 11.7. The summed E-state index contributed by atoms with van der Waals surface area (Å²) < 4.78 is 0. The predicted molar refractivity (Wildman–Crippen MR) is 214 cm³/mol. The second-order valence-corrected chi connectivity index (χ2v) is 19.4. The molecule has 2 aliphatic heterocycles. The SMILES string of the molecule is C=CC1CC1(NC(=O)C1CC2(CN1C(=O)C(NC(=O)C(NC(=O)C1CCCN1CC)C1CCCC1)C(C)(C)C)C(C)(C)C21CCC1)C(=O)NC(=O)N(CC)CC. The minimum Gasteiger partial charge on any atom is -0.343 e. The molecule has 2 saturated heterocycles. The Morgan fingerprint density at radius 3 is 2.04 bits per heavy atom. The molecule has 7 atom stereocenters. The molecular weight excluding hydrogens is 711 g/mol. The summed E-state index contributed by atoms with van der Waals surface area (Å²) in [5.74, 6) is -2.26. The summed E-state index contributed by atoms with van der Waals surface area (Å²) in [5, 5.41) is 11.8. The molecule has 7 amide bonds. The number of likely N-dealkylation sites (N-methyl/N-ethyl adjacent to an activating group) is 1. The molecule has 4 N–H and O–H groups in total. The van der Waals surface area contributed by atoms with Gasteiger partial charge in [-0.15, -0.1) is 6.58 Å². The number of carbonyl (C=O) groups is 6. The van der Waals surface area contributed by atoms with E-state index in [0.717, 1.165) is 70.9 Å². The van der Waals surface area contributed by atoms with Gasteiger partial charge in [0.1, 0.15) is 23.7 Å². The number of fused-ring (bicyclic) bond motifs is 1. The first-order chi connectivity index (χ1) is 26.4. The molecule has 6 fully saturated rings. The van der Waals surface area contributed by atoms with E-state index in [0.29, 0.717) is 32.5 Å². The van der Waals surface area contributed by atoms with E-state index in [2.05, 4.69) is 46.6 Å². The first kappa shape index (κ1) is 42.1. The van der Waals surface area contributed by atoms with Crippen LogP contribution in [0.1, 0.15) is 126 Å². The van der Waals surface area contributed by atoms with Gasteiger partial charge in [0.2, 0.25) is 23.6 Å². The number of carbonyl (C=O) groups excluding carboxylic acids is 6. The number of nitrogens with one attached hydrogen (secondary N) is 4. The second-order valence-electron chi connectivity index (χ2n) is 19.4. The number of nitrogens with zero attached hydrogens (tertiary/aromatic N) is 3. The van der Waals surface area contributed by atoms with E-state index in [1.54, 1.807) is 11.0 Å². The van der Waals surface area contributed by atoms with Crippen LogP contribution in [0.5, 0.6) is 0 Å². The van der Waals surface area contributed by atoms with Crippen molar-refractivity contribution in [3.63, 3.8) is 0 Å². The fourth-order valence-corrected chi connectivity index (χ4v) is 11.7. The lowest BCUT2D eigenvalue weighted by Crippen LogP contribution is -2.63. The van der Waals surface area contributed by atoms with Crippen molar-refractivity contribution in [1.82, 2.24) is 36.0 Å². The van der Waals surface area contributed by atoms with Gasteiger partial charge in [-0.3, -0.25) is 34.2 Å². The van der Waals surface area contributed by atoms with Gasteiger partial charge in [-0.1, -0.05) is 66.9 Å². The summed E-state index contributed by atoms with van der Waals surface area (Å²) in [4.78, 5) is 90.0. The minimum atomic E-state index is -1.35. The van der Waals surface area contributed by atoms with Crippen molar-refractivity contribution in [2.45, 2.75) is 156 Å². The van der Waals surface area contributed by atoms with Crippen LogP contribution in [0, 0.1) is 33.5 Å². The number of hydrogen-bond donors (Lipinski definition) is 4. The molecule has 13 nitrogen and oxygen atoms in total. The molecule has 312 valence electrons. The Hall–Kier alpha value is -3.48. The largest absolute Gasteiger partial charge is 0.343 e. The molecule has 7 unspecified atom stereocenters. The van der Waals surface area contributed by atoms with Gasteiger partial charge >= 0.3 is 6.03 Å². The summed E-state index contributed by atoms with van der Waals surface area (Å²) >= 11 is 0. The van der Waals surface area contributed by atoms with E-state index in [9.17, 15) is 24.0 Å². The summed E-state index contributed by atoms with van der Waals surface area (Å²) in [7, 11) is 0. The van der Waals surface area contributed by atoms with Crippen LogP contribution >= 0.6 is 0 Å². The lowest BCUT2D eigenvalue weighted by Gasteiger charge is -2.37. The van der Waals surface area contributed by atoms with Crippen LogP contribution in [-0.4, -0.2) is 113 Å². The highest BCUT2D eigenvalue weighted by molar-refractivity contribution is 6.04. The standard InChI is InChI=1S/C43H69N7O6/c1-10-28-24-43(28,37(55)46-38(56)48(11-2)12-3)47-34(52)30-25-42(40(8,9)41(42)21-17-22-41)26-50(30)36(54)32(39(5,6)7)45-35(53)31(27-18-14-15-19-27)44-33(51)29-20-16-23-49(29)13-4/h10,27-32H,1,11-26H2,2-9H3,(H,44,51)(H,45,53)(H,47,52)(H,46,55,56). The van der Waals surface area contributed by atoms with Crippen LogP contribution in [0.3, 0.4) is 0 Å². The van der Waals surface area contributed by atoms with Gasteiger partial charge in [-0.2, -0.15) is 0 Å². The van der Waals surface area contributed by atoms with Crippen LogP contribution in [0.25, 0.3) is 0 Å². The van der Waals surface area contributed by atoms with Gasteiger partial charge in [0.25, 0.3) is 5.91 Å². The highest BCUT2D eigenvalue weighted by atomic mass is 16.2. The van der Waals surface area contributed by atoms with E-state index in [1.807, 2.05) is 41.5 Å². The number of urea groups is 1. The van der Waals surface area contributed by atoms with Gasteiger partial charge in [0.05, 0.1) is 6.04 Å². The molecule has 0 bridgehead atoms. The van der Waals surface area contributed by atoms with E-state index in [-0.39, 0.29) is 51.8 Å². The third kappa shape index (κ3) is 6.85. The van der Waals surface area contributed by atoms with E-state index in [1.165, 1.54) is 4.90 Å². The van der Waals surface area contributed by atoms with E-state index in [4.69, 9.17) is 0 Å². The summed E-state index contributed by atoms with van der Waals surface area (Å²) in [6, 6.07) is -3.43. The highest BCUT2D eigenvalue weighted by Gasteiger charge is 2.85. The number of rotatable bonds is 13. The second kappa shape index (κ2) is 15.4. The van der Waals surface area contributed by atoms with Crippen LogP contribution < -0.4 is 21.3 Å². The Bertz CT molecular complexity index is 1590. The number of likely N-dealkylation sites (tertiary alicyclic amines) is 2. The molecule has 0 aromatic heterocycles. The zero-order chi connectivity index (χ0) is 41.0. The van der Waals surface area contributed by atoms with Crippen LogP contribution in [0.4, 0.5) is 4.79 Å². The van der Waals surface area contributed by atoms with Crippen molar-refractivity contribution in [1.29, 1.82) is 0 Å². The van der Waals surface area contributed by atoms with E-state index < -0.39 is 46.9 Å². The normalized spacial score (nSPS) is 31.3. The third-order valence-corrected chi connectivity index (χ3v) is 15.6. The Balaban J connectivity index is 1.27. The molecule has 0 aromatic rings. The van der Waals surface area contributed by atoms with Gasteiger partial charge in [0, 0.05) is 31.0 Å². The Morgan fingerprint density at radius 1 is 0.857 bits per heavy atom. The van der Waals surface area contributed by atoms with Gasteiger partial charge < -0.3 is 25.8 Å². The summed E-state index contributed by atoms with van der Waals surface area (Å²) in [5.41, 5.74) is -2.46. The average Bonchev–Trinajstić information content (AvgIpc) is 3.54. The molecule has 6 aliphatic rings. The molecule has 56 heavy (non-hydrogen) atoms. The van der Waals surface area contributed by atoms with E-state index >= 15 is 4.79 Å². The van der Waals surface area contributed by atoms with Crippen molar-refractivity contribution in [2.75, 3.05) is 32.7 Å². The highest BCUT2D eigenvalue weighted by Crippen LogP contribution is 2.88. The van der Waals surface area contributed by atoms with Crippen molar-refractivity contribution in [3.8, 4) is 0 Å². The first-order valence-corrected chi connectivity index (χ1v) is 21.6. The lowest BCUT2D eigenvalue weighted by molar-refractivity contribution is -0.145. The predicted octanol–water partition coefficient (Wildman–Crippen LogP) is 4.11. The number of amides is 7. The topological polar surface area (TPSA) is 160 Å². The molecule has 4 aliphatic carbocycles. The smallest absolute Gasteiger partial charge is 0.324 e. The fraction of sp³-hybridized carbons (Fsp3) is 0.814. The first-order valence-electron chi connectivity index (χ1n) is 21.6. The lowest BCUT2D eigenvalue weighted by atomic mass is 9.73. The Kier molecular flexibility index (Phi) is 11.6. The molecule has 2 heterocycles.